The average molecular weight is 449 g/mol. The first kappa shape index (κ1) is 19.0. The van der Waals surface area contributed by atoms with Crippen molar-refractivity contribution in [3.05, 3.63) is 44.1 Å². The molecule has 10 heteroatoms. The van der Waals surface area contributed by atoms with Gasteiger partial charge in [0.05, 0.1) is 27.2 Å². The van der Waals surface area contributed by atoms with E-state index in [1.807, 2.05) is 0 Å². The number of thiazole rings is 1. The Kier molecular flexibility index (Phi) is 5.35. The molecule has 1 aliphatic rings. The summed E-state index contributed by atoms with van der Waals surface area (Å²) < 4.78 is 34.2. The van der Waals surface area contributed by atoms with Crippen LogP contribution in [-0.4, -0.2) is 30.1 Å². The van der Waals surface area contributed by atoms with Gasteiger partial charge in [-0.1, -0.05) is 34.5 Å². The summed E-state index contributed by atoms with van der Waals surface area (Å²) in [7, 11) is 0. The molecule has 0 radical (unpaired) electrons. The van der Waals surface area contributed by atoms with Gasteiger partial charge in [0.2, 0.25) is 0 Å². The first-order valence-electron chi connectivity index (χ1n) is 8.06. The highest BCUT2D eigenvalue weighted by atomic mass is 35.5. The largest absolute Gasteiger partial charge is 0.376 e. The van der Waals surface area contributed by atoms with E-state index in [-0.39, 0.29) is 33.2 Å². The highest BCUT2D eigenvalue weighted by molar-refractivity contribution is 7.22. The predicted octanol–water partition coefficient (Wildman–Crippen LogP) is 5.77. The van der Waals surface area contributed by atoms with Crippen molar-refractivity contribution < 1.29 is 18.3 Å². The monoisotopic (exact) mass is 448 g/mol. The van der Waals surface area contributed by atoms with Crippen LogP contribution in [0.15, 0.2) is 18.2 Å². The number of fused-ring (bicyclic) bond motifs is 1. The Bertz CT molecular complexity index is 1020. The van der Waals surface area contributed by atoms with Crippen LogP contribution in [0.5, 0.6) is 0 Å². The number of anilines is 1. The van der Waals surface area contributed by atoms with Crippen LogP contribution in [0.4, 0.5) is 13.9 Å². The second kappa shape index (κ2) is 7.60. The number of benzene rings is 1. The van der Waals surface area contributed by atoms with Crippen molar-refractivity contribution in [3.8, 4) is 0 Å². The molecule has 1 amide bonds. The molecule has 4 nitrogen and oxygen atoms in total. The Morgan fingerprint density at radius 1 is 1.30 bits per heavy atom. The number of carbonyl (C=O) groups excluding carboxylic acids is 1. The molecule has 0 aliphatic carbocycles. The molecule has 0 saturated carbocycles. The van der Waals surface area contributed by atoms with E-state index < -0.39 is 17.5 Å². The van der Waals surface area contributed by atoms with E-state index in [9.17, 15) is 13.6 Å². The van der Waals surface area contributed by atoms with Crippen molar-refractivity contribution in [2.24, 2.45) is 0 Å². The lowest BCUT2D eigenvalue weighted by atomic mass is 10.2. The number of rotatable bonds is 4. The number of nitrogens with zero attached hydrogens (tertiary/aromatic N) is 2. The molecule has 1 atom stereocenters. The lowest BCUT2D eigenvalue weighted by Gasteiger charge is -2.22. The summed E-state index contributed by atoms with van der Waals surface area (Å²) in [6.07, 6.45) is 1.54. The van der Waals surface area contributed by atoms with Gasteiger partial charge in [0.25, 0.3) is 5.91 Å². The third-order valence-corrected chi connectivity index (χ3v) is 6.69. The summed E-state index contributed by atoms with van der Waals surface area (Å²) in [6, 6.07) is 3.46. The maximum Gasteiger partial charge on any atom is 0.262 e. The zero-order valence-electron chi connectivity index (χ0n) is 13.7. The standard InChI is InChI=1S/C17H12Cl2F2N2O2S2/c18-13-6-10(15(19)27-13)16(24)23(7-9-2-1-3-25-9)17-22-14-11(21)4-8(20)5-12(14)26-17/h4-6,9H,1-3,7H2/t9-/m0/s1. The third kappa shape index (κ3) is 3.82. The van der Waals surface area contributed by atoms with Crippen LogP contribution in [0.3, 0.4) is 0 Å². The van der Waals surface area contributed by atoms with Gasteiger partial charge in [-0.25, -0.2) is 13.8 Å². The average Bonchev–Trinajstić information content (AvgIpc) is 3.32. The minimum absolute atomic E-state index is 0.0241. The lowest BCUT2D eigenvalue weighted by Crippen LogP contribution is -2.37. The Morgan fingerprint density at radius 3 is 2.78 bits per heavy atom. The van der Waals surface area contributed by atoms with E-state index in [1.54, 1.807) is 0 Å². The first-order valence-corrected chi connectivity index (χ1v) is 10.4. The smallest absolute Gasteiger partial charge is 0.262 e. The topological polar surface area (TPSA) is 42.4 Å². The van der Waals surface area contributed by atoms with Crippen LogP contribution < -0.4 is 4.90 Å². The van der Waals surface area contributed by atoms with Crippen LogP contribution in [0, 0.1) is 11.6 Å². The van der Waals surface area contributed by atoms with Gasteiger partial charge in [0.1, 0.15) is 15.7 Å². The van der Waals surface area contributed by atoms with Crippen LogP contribution in [0.25, 0.3) is 10.2 Å². The van der Waals surface area contributed by atoms with Crippen molar-refractivity contribution >= 4 is 67.1 Å². The van der Waals surface area contributed by atoms with Crippen LogP contribution in [0.1, 0.15) is 23.2 Å². The molecule has 2 aromatic heterocycles. The van der Waals surface area contributed by atoms with E-state index >= 15 is 0 Å². The molecule has 0 N–H and O–H groups in total. The summed E-state index contributed by atoms with van der Waals surface area (Å²) in [5.41, 5.74) is 0.270. The minimum Gasteiger partial charge on any atom is -0.376 e. The second-order valence-corrected chi connectivity index (χ2v) is 9.31. The maximum absolute atomic E-state index is 14.1. The normalized spacial score (nSPS) is 17.0. The number of thiophene rings is 1. The third-order valence-electron chi connectivity index (χ3n) is 4.18. The molecule has 1 fully saturated rings. The highest BCUT2D eigenvalue weighted by Crippen LogP contribution is 2.36. The fourth-order valence-corrected chi connectivity index (χ4v) is 5.39. The summed E-state index contributed by atoms with van der Waals surface area (Å²) in [5, 5.41) is 0.258. The van der Waals surface area contributed by atoms with Gasteiger partial charge in [-0.2, -0.15) is 0 Å². The quantitative estimate of drug-likeness (QED) is 0.508. The highest BCUT2D eigenvalue weighted by Gasteiger charge is 2.29. The SMILES string of the molecule is O=C(c1cc(Cl)sc1Cl)N(C[C@@H]1CCCO1)c1nc2c(F)cc(F)cc2s1. The zero-order valence-corrected chi connectivity index (χ0v) is 16.8. The molecule has 142 valence electrons. The van der Waals surface area contributed by atoms with E-state index in [0.717, 1.165) is 41.6 Å². The van der Waals surface area contributed by atoms with E-state index in [4.69, 9.17) is 27.9 Å². The Hall–Kier alpha value is -1.32. The number of ether oxygens (including phenoxy) is 1. The molecule has 0 unspecified atom stereocenters. The molecule has 0 spiro atoms. The van der Waals surface area contributed by atoms with Gasteiger partial charge in [-0.3, -0.25) is 9.69 Å². The Labute approximate surface area is 171 Å². The number of amides is 1. The number of hydrogen-bond acceptors (Lipinski definition) is 5. The summed E-state index contributed by atoms with van der Waals surface area (Å²) in [6.45, 7) is 0.865. The number of hydrogen-bond donors (Lipinski definition) is 0. The van der Waals surface area contributed by atoms with Crippen molar-refractivity contribution in [2.75, 3.05) is 18.1 Å². The van der Waals surface area contributed by atoms with Crippen molar-refractivity contribution in [2.45, 2.75) is 18.9 Å². The molecule has 1 aliphatic heterocycles. The van der Waals surface area contributed by atoms with Crippen molar-refractivity contribution in [1.82, 2.24) is 4.98 Å². The fraction of sp³-hybridized carbons (Fsp3) is 0.294. The molecular formula is C17H12Cl2F2N2O2S2. The molecule has 4 rings (SSSR count). The van der Waals surface area contributed by atoms with Crippen LogP contribution >= 0.6 is 45.9 Å². The van der Waals surface area contributed by atoms with E-state index in [0.29, 0.717) is 15.6 Å². The molecule has 0 bridgehead atoms. The van der Waals surface area contributed by atoms with Gasteiger partial charge in [-0.05, 0) is 25.0 Å². The van der Waals surface area contributed by atoms with Crippen LogP contribution in [-0.2, 0) is 4.74 Å². The Balaban J connectivity index is 1.76. The van der Waals surface area contributed by atoms with E-state index in [1.165, 1.54) is 17.0 Å². The summed E-state index contributed by atoms with van der Waals surface area (Å²) >= 11 is 14.2. The van der Waals surface area contributed by atoms with Gasteiger partial charge in [0.15, 0.2) is 10.9 Å². The fourth-order valence-electron chi connectivity index (χ4n) is 2.93. The zero-order chi connectivity index (χ0) is 19.1. The maximum atomic E-state index is 14.1. The van der Waals surface area contributed by atoms with Gasteiger partial charge in [0, 0.05) is 12.7 Å². The summed E-state index contributed by atoms with van der Waals surface area (Å²) in [4.78, 5) is 18.8. The van der Waals surface area contributed by atoms with Gasteiger partial charge < -0.3 is 4.74 Å². The minimum atomic E-state index is -0.770. The van der Waals surface area contributed by atoms with Gasteiger partial charge in [-0.15, -0.1) is 11.3 Å². The van der Waals surface area contributed by atoms with Gasteiger partial charge >= 0.3 is 0 Å². The Morgan fingerprint density at radius 2 is 2.11 bits per heavy atom. The molecule has 1 saturated heterocycles. The van der Waals surface area contributed by atoms with E-state index in [2.05, 4.69) is 4.98 Å². The molecular weight excluding hydrogens is 437 g/mol. The lowest BCUT2D eigenvalue weighted by molar-refractivity contribution is 0.0918. The molecule has 1 aromatic carbocycles. The molecule has 3 heterocycles. The first-order chi connectivity index (χ1) is 12.9. The number of aromatic nitrogens is 1. The van der Waals surface area contributed by atoms with Crippen molar-refractivity contribution in [1.29, 1.82) is 0 Å². The van der Waals surface area contributed by atoms with Crippen molar-refractivity contribution in [3.63, 3.8) is 0 Å². The molecule has 3 aromatic rings. The second-order valence-electron chi connectivity index (χ2n) is 6.02. The number of carbonyl (C=O) groups is 1. The predicted molar refractivity (Wildman–Crippen MR) is 105 cm³/mol. The molecule has 27 heavy (non-hydrogen) atoms. The number of halogens is 4. The van der Waals surface area contributed by atoms with Crippen LogP contribution in [0.2, 0.25) is 8.67 Å². The summed E-state index contributed by atoms with van der Waals surface area (Å²) in [5.74, 6) is -1.87.